The molecule has 0 aliphatic carbocycles. The molecule has 1 N–H and O–H groups in total. The number of carboxylic acids is 1. The number of benzene rings is 2. The third-order valence-corrected chi connectivity index (χ3v) is 4.89. The minimum absolute atomic E-state index is 0.0279. The second-order valence-electron chi connectivity index (χ2n) is 6.18. The largest absolute Gasteiger partial charge is 0.497 e. The summed E-state index contributed by atoms with van der Waals surface area (Å²) < 4.78 is 7.41. The lowest BCUT2D eigenvalue weighted by atomic mass is 10.0. The number of hydrogen-bond donors (Lipinski definition) is 1. The van der Waals surface area contributed by atoms with Crippen LogP contribution in [0.5, 0.6) is 5.75 Å². The van der Waals surface area contributed by atoms with Crippen LogP contribution in [0.2, 0.25) is 5.02 Å². The summed E-state index contributed by atoms with van der Waals surface area (Å²) in [5, 5.41) is 11.0. The quantitative estimate of drug-likeness (QED) is 0.762. The van der Waals surface area contributed by atoms with Gasteiger partial charge in [0, 0.05) is 34.6 Å². The number of methoxy groups -OCH3 is 1. The van der Waals surface area contributed by atoms with Crippen molar-refractivity contribution in [1.29, 1.82) is 0 Å². The topological polar surface area (TPSA) is 63.8 Å². The van der Waals surface area contributed by atoms with E-state index in [-0.39, 0.29) is 6.42 Å². The van der Waals surface area contributed by atoms with Crippen LogP contribution in [-0.4, -0.2) is 35.1 Å². The molecule has 5 nitrogen and oxygen atoms in total. The number of nitrogens with zero attached hydrogens (tertiary/aromatic N) is 2. The fourth-order valence-corrected chi connectivity index (χ4v) is 3.65. The molecule has 0 bridgehead atoms. The van der Waals surface area contributed by atoms with Crippen molar-refractivity contribution in [3.8, 4) is 5.75 Å². The van der Waals surface area contributed by atoms with E-state index in [4.69, 9.17) is 21.3 Å². The number of carboxylic acid groups (broad SMARTS) is 1. The second kappa shape index (κ2) is 6.50. The molecule has 4 rings (SSSR count). The van der Waals surface area contributed by atoms with Crippen LogP contribution in [0.25, 0.3) is 10.9 Å². The van der Waals surface area contributed by atoms with Crippen LogP contribution < -0.4 is 4.74 Å². The molecule has 0 unspecified atom stereocenters. The molecule has 1 aromatic heterocycles. The molecule has 0 amide bonds. The fraction of sp³-hybridized carbons (Fsp3) is 0.200. The van der Waals surface area contributed by atoms with Crippen molar-refractivity contribution in [1.82, 2.24) is 4.57 Å². The van der Waals surface area contributed by atoms with Crippen molar-refractivity contribution in [3.63, 3.8) is 0 Å². The van der Waals surface area contributed by atoms with Crippen molar-refractivity contribution in [3.05, 3.63) is 64.3 Å². The van der Waals surface area contributed by atoms with Gasteiger partial charge >= 0.3 is 5.97 Å². The summed E-state index contributed by atoms with van der Waals surface area (Å²) in [7, 11) is 1.61. The zero-order valence-corrected chi connectivity index (χ0v) is 15.0. The van der Waals surface area contributed by atoms with E-state index in [1.165, 1.54) is 0 Å². The summed E-state index contributed by atoms with van der Waals surface area (Å²) in [6, 6.07) is 13.3. The van der Waals surface area contributed by atoms with Gasteiger partial charge in [-0.15, -0.1) is 0 Å². The van der Waals surface area contributed by atoms with Gasteiger partial charge in [0.15, 0.2) is 0 Å². The SMILES string of the molecule is COc1ccc2c(c1)c(CC(=O)O)c1n2C(c2ccc(Cl)cc2)=NCC1. The maximum Gasteiger partial charge on any atom is 0.307 e. The first-order valence-corrected chi connectivity index (χ1v) is 8.69. The zero-order valence-electron chi connectivity index (χ0n) is 14.2. The second-order valence-corrected chi connectivity index (χ2v) is 6.61. The third-order valence-electron chi connectivity index (χ3n) is 4.64. The van der Waals surface area contributed by atoms with Crippen molar-refractivity contribution in [2.75, 3.05) is 13.7 Å². The molecule has 2 aromatic carbocycles. The van der Waals surface area contributed by atoms with E-state index in [2.05, 4.69) is 4.57 Å². The number of aliphatic carboxylic acids is 1. The highest BCUT2D eigenvalue weighted by Crippen LogP contribution is 2.33. The molecule has 0 saturated carbocycles. The maximum atomic E-state index is 11.5. The van der Waals surface area contributed by atoms with Gasteiger partial charge in [-0.05, 0) is 48.0 Å². The van der Waals surface area contributed by atoms with Crippen LogP contribution in [0.3, 0.4) is 0 Å². The molecular formula is C20H17ClN2O3. The van der Waals surface area contributed by atoms with Crippen LogP contribution in [0.1, 0.15) is 16.8 Å². The summed E-state index contributed by atoms with van der Waals surface area (Å²) in [5.74, 6) is 0.672. The Balaban J connectivity index is 1.98. The Bertz CT molecular complexity index is 1040. The van der Waals surface area contributed by atoms with E-state index >= 15 is 0 Å². The van der Waals surface area contributed by atoms with E-state index in [9.17, 15) is 9.90 Å². The molecule has 26 heavy (non-hydrogen) atoms. The van der Waals surface area contributed by atoms with Gasteiger partial charge in [0.25, 0.3) is 0 Å². The number of ether oxygens (including phenoxy) is 1. The van der Waals surface area contributed by atoms with E-state index in [0.29, 0.717) is 23.7 Å². The molecule has 1 aliphatic rings. The Morgan fingerprint density at radius 3 is 2.73 bits per heavy atom. The number of aromatic nitrogens is 1. The Morgan fingerprint density at radius 1 is 1.27 bits per heavy atom. The zero-order chi connectivity index (χ0) is 18.3. The van der Waals surface area contributed by atoms with Crippen molar-refractivity contribution < 1.29 is 14.6 Å². The molecule has 1 aliphatic heterocycles. The number of rotatable bonds is 4. The van der Waals surface area contributed by atoms with Gasteiger partial charge in [0.05, 0.1) is 19.0 Å². The van der Waals surface area contributed by atoms with Gasteiger partial charge in [0.2, 0.25) is 0 Å². The maximum absolute atomic E-state index is 11.5. The minimum Gasteiger partial charge on any atom is -0.497 e. The third kappa shape index (κ3) is 2.74. The van der Waals surface area contributed by atoms with Crippen LogP contribution >= 0.6 is 11.6 Å². The number of halogens is 1. The van der Waals surface area contributed by atoms with Crippen molar-refractivity contribution in [2.24, 2.45) is 4.99 Å². The number of fused-ring (bicyclic) bond motifs is 3. The first kappa shape index (κ1) is 16.7. The molecule has 0 radical (unpaired) electrons. The van der Waals surface area contributed by atoms with Gasteiger partial charge in [-0.25, -0.2) is 0 Å². The average molecular weight is 369 g/mol. The van der Waals surface area contributed by atoms with Crippen LogP contribution in [0.4, 0.5) is 0 Å². The van der Waals surface area contributed by atoms with Gasteiger partial charge in [-0.2, -0.15) is 0 Å². The lowest BCUT2D eigenvalue weighted by molar-refractivity contribution is -0.136. The average Bonchev–Trinajstić information content (AvgIpc) is 2.95. The normalized spacial score (nSPS) is 13.4. The highest BCUT2D eigenvalue weighted by Gasteiger charge is 2.25. The molecule has 2 heterocycles. The van der Waals surface area contributed by atoms with Gasteiger partial charge in [-0.3, -0.25) is 14.4 Å². The number of carbonyl (C=O) groups is 1. The smallest absolute Gasteiger partial charge is 0.307 e. The lowest BCUT2D eigenvalue weighted by Gasteiger charge is -2.19. The number of aliphatic imine (C=N–C) groups is 1. The Morgan fingerprint density at radius 2 is 2.04 bits per heavy atom. The highest BCUT2D eigenvalue weighted by molar-refractivity contribution is 6.30. The van der Waals surface area contributed by atoms with Crippen LogP contribution in [-0.2, 0) is 17.6 Å². The molecule has 0 spiro atoms. The Hall–Kier alpha value is -2.79. The molecule has 0 atom stereocenters. The first-order chi connectivity index (χ1) is 12.6. The van der Waals surface area contributed by atoms with E-state index in [1.54, 1.807) is 7.11 Å². The van der Waals surface area contributed by atoms with Crippen molar-refractivity contribution in [2.45, 2.75) is 12.8 Å². The molecule has 3 aromatic rings. The molecule has 0 saturated heterocycles. The molecular weight excluding hydrogens is 352 g/mol. The summed E-state index contributed by atoms with van der Waals surface area (Å²) in [5.41, 5.74) is 3.71. The van der Waals surface area contributed by atoms with E-state index in [1.807, 2.05) is 42.5 Å². The van der Waals surface area contributed by atoms with Crippen LogP contribution in [0, 0.1) is 0 Å². The van der Waals surface area contributed by atoms with Crippen molar-refractivity contribution >= 4 is 34.3 Å². The summed E-state index contributed by atoms with van der Waals surface area (Å²) in [6.07, 6.45) is 0.677. The standard InChI is InChI=1S/C20H17ClN2O3/c1-26-14-6-7-17-15(10-14)16(11-19(24)25)18-8-9-22-20(23(17)18)12-2-4-13(21)5-3-12/h2-7,10H,8-9,11H2,1H3,(H,24,25). The summed E-state index contributed by atoms with van der Waals surface area (Å²) >= 11 is 6.01. The Labute approximate surface area is 155 Å². The van der Waals surface area contributed by atoms with E-state index in [0.717, 1.165) is 33.6 Å². The van der Waals surface area contributed by atoms with Gasteiger partial charge < -0.3 is 9.84 Å². The monoisotopic (exact) mass is 368 g/mol. The number of hydrogen-bond acceptors (Lipinski definition) is 3. The predicted molar refractivity (Wildman–Crippen MR) is 102 cm³/mol. The summed E-state index contributed by atoms with van der Waals surface area (Å²) in [4.78, 5) is 16.2. The Kier molecular flexibility index (Phi) is 4.17. The highest BCUT2D eigenvalue weighted by atomic mass is 35.5. The summed E-state index contributed by atoms with van der Waals surface area (Å²) in [6.45, 7) is 0.623. The van der Waals surface area contributed by atoms with Crippen LogP contribution in [0.15, 0.2) is 47.5 Å². The molecule has 132 valence electrons. The fourth-order valence-electron chi connectivity index (χ4n) is 3.53. The minimum atomic E-state index is -0.848. The van der Waals surface area contributed by atoms with Gasteiger partial charge in [0.1, 0.15) is 11.6 Å². The lowest BCUT2D eigenvalue weighted by Crippen LogP contribution is -2.22. The van der Waals surface area contributed by atoms with E-state index < -0.39 is 5.97 Å². The molecule has 0 fully saturated rings. The predicted octanol–water partition coefficient (Wildman–Crippen LogP) is 3.78. The molecule has 6 heteroatoms. The first-order valence-electron chi connectivity index (χ1n) is 8.31. The van der Waals surface area contributed by atoms with Gasteiger partial charge in [-0.1, -0.05) is 11.6 Å².